The Balaban J connectivity index is 2.41. The number of ether oxygens (including phenoxy) is 1. The molecule has 0 bridgehead atoms. The van der Waals surface area contributed by atoms with Gasteiger partial charge in [0, 0.05) is 12.6 Å². The van der Waals surface area contributed by atoms with Crippen molar-refractivity contribution in [2.75, 3.05) is 47.9 Å². The van der Waals surface area contributed by atoms with Crippen LogP contribution in [0, 0.1) is 0 Å². The largest absolute Gasteiger partial charge is 0.468 e. The fourth-order valence-electron chi connectivity index (χ4n) is 2.30. The third-order valence-corrected chi connectivity index (χ3v) is 3.62. The molecule has 5 heteroatoms. The molecule has 17 heavy (non-hydrogen) atoms. The van der Waals surface area contributed by atoms with Crippen LogP contribution < -0.4 is 5.32 Å². The molecule has 0 saturated carbocycles. The Morgan fingerprint density at radius 2 is 2.12 bits per heavy atom. The number of nitrogens with zero attached hydrogens (tertiary/aromatic N) is 2. The number of esters is 1. The van der Waals surface area contributed by atoms with Gasteiger partial charge in [-0.2, -0.15) is 0 Å². The lowest BCUT2D eigenvalue weighted by Gasteiger charge is -2.36. The second-order valence-corrected chi connectivity index (χ2v) is 4.84. The van der Waals surface area contributed by atoms with E-state index in [0.717, 1.165) is 13.1 Å². The highest BCUT2D eigenvalue weighted by Crippen LogP contribution is 2.14. The maximum Gasteiger partial charge on any atom is 0.324 e. The monoisotopic (exact) mass is 243 g/mol. The second kappa shape index (κ2) is 6.93. The van der Waals surface area contributed by atoms with Gasteiger partial charge in [-0.05, 0) is 47.1 Å². The molecule has 1 heterocycles. The molecule has 0 aromatic rings. The van der Waals surface area contributed by atoms with E-state index in [0.29, 0.717) is 12.6 Å². The minimum atomic E-state index is -0.232. The van der Waals surface area contributed by atoms with E-state index in [2.05, 4.69) is 29.2 Å². The molecule has 1 aliphatic heterocycles. The van der Waals surface area contributed by atoms with Gasteiger partial charge in [-0.1, -0.05) is 0 Å². The number of carbonyl (C=O) groups is 1. The summed E-state index contributed by atoms with van der Waals surface area (Å²) in [6.45, 7) is 2.98. The van der Waals surface area contributed by atoms with Gasteiger partial charge in [-0.15, -0.1) is 0 Å². The first-order chi connectivity index (χ1) is 8.08. The van der Waals surface area contributed by atoms with Crippen LogP contribution in [-0.4, -0.2) is 75.7 Å². The molecule has 0 amide bonds. The lowest BCUT2D eigenvalue weighted by Crippen LogP contribution is -2.49. The van der Waals surface area contributed by atoms with Crippen molar-refractivity contribution in [1.82, 2.24) is 15.1 Å². The highest BCUT2D eigenvalue weighted by molar-refractivity contribution is 5.75. The lowest BCUT2D eigenvalue weighted by atomic mass is 10.0. The molecule has 1 N–H and O–H groups in total. The van der Waals surface area contributed by atoms with E-state index in [9.17, 15) is 4.79 Å². The Kier molecular flexibility index (Phi) is 5.88. The number of likely N-dealkylation sites (N-methyl/N-ethyl adjacent to an activating group) is 2. The zero-order chi connectivity index (χ0) is 12.8. The van der Waals surface area contributed by atoms with Crippen LogP contribution in [0.4, 0.5) is 0 Å². The van der Waals surface area contributed by atoms with Crippen molar-refractivity contribution in [1.29, 1.82) is 0 Å². The van der Waals surface area contributed by atoms with E-state index in [1.807, 2.05) is 0 Å². The van der Waals surface area contributed by atoms with Crippen LogP contribution >= 0.6 is 0 Å². The predicted octanol–water partition coefficient (Wildman–Crippen LogP) is -0.227. The Hall–Kier alpha value is -0.650. The molecule has 100 valence electrons. The van der Waals surface area contributed by atoms with Crippen molar-refractivity contribution in [2.24, 2.45) is 0 Å². The number of hydrogen-bond donors (Lipinski definition) is 1. The summed E-state index contributed by atoms with van der Waals surface area (Å²) in [5.41, 5.74) is 0. The first kappa shape index (κ1) is 14.4. The molecule has 1 fully saturated rings. The van der Waals surface area contributed by atoms with Crippen LogP contribution in [0.5, 0.6) is 0 Å². The second-order valence-electron chi connectivity index (χ2n) is 4.84. The third-order valence-electron chi connectivity index (χ3n) is 3.62. The minimum absolute atomic E-state index is 0.188. The normalized spacial score (nSPS) is 20.5. The van der Waals surface area contributed by atoms with Gasteiger partial charge in [0.1, 0.15) is 6.04 Å². The van der Waals surface area contributed by atoms with Crippen LogP contribution in [0.2, 0.25) is 0 Å². The molecule has 1 unspecified atom stereocenters. The van der Waals surface area contributed by atoms with Crippen LogP contribution in [0.15, 0.2) is 0 Å². The molecule has 0 aromatic carbocycles. The number of nitrogens with one attached hydrogen (secondary N) is 1. The van der Waals surface area contributed by atoms with E-state index < -0.39 is 0 Å². The summed E-state index contributed by atoms with van der Waals surface area (Å²) >= 11 is 0. The van der Waals surface area contributed by atoms with Gasteiger partial charge in [0.25, 0.3) is 0 Å². The standard InChI is InChI=1S/C12H25N3O2/c1-13-11(12(16)17-4)9-15(3)10-5-7-14(2)8-6-10/h10-11,13H,5-9H2,1-4H3. The zero-order valence-corrected chi connectivity index (χ0v) is 11.4. The SMILES string of the molecule is CNC(CN(C)C1CCN(C)CC1)C(=O)OC. The van der Waals surface area contributed by atoms with Crippen LogP contribution in [0.1, 0.15) is 12.8 Å². The summed E-state index contributed by atoms with van der Waals surface area (Å²) in [7, 11) is 7.47. The molecule has 0 radical (unpaired) electrons. The molecule has 1 atom stereocenters. The minimum Gasteiger partial charge on any atom is -0.468 e. The van der Waals surface area contributed by atoms with Crippen LogP contribution in [0.3, 0.4) is 0 Å². The quantitative estimate of drug-likeness (QED) is 0.676. The van der Waals surface area contributed by atoms with E-state index >= 15 is 0 Å². The maximum absolute atomic E-state index is 11.5. The van der Waals surface area contributed by atoms with Gasteiger partial charge in [0.2, 0.25) is 0 Å². The molecular formula is C12H25N3O2. The van der Waals surface area contributed by atoms with Crippen molar-refractivity contribution in [3.63, 3.8) is 0 Å². The van der Waals surface area contributed by atoms with Crippen LogP contribution in [0.25, 0.3) is 0 Å². The summed E-state index contributed by atoms with van der Waals surface area (Å²) in [6, 6.07) is 0.344. The van der Waals surface area contributed by atoms with Crippen molar-refractivity contribution < 1.29 is 9.53 Å². The molecule has 0 aliphatic carbocycles. The van der Waals surface area contributed by atoms with Gasteiger partial charge in [-0.3, -0.25) is 4.79 Å². The van der Waals surface area contributed by atoms with Gasteiger partial charge >= 0.3 is 5.97 Å². The molecule has 5 nitrogen and oxygen atoms in total. The zero-order valence-electron chi connectivity index (χ0n) is 11.4. The summed E-state index contributed by atoms with van der Waals surface area (Å²) in [5, 5.41) is 3.00. The van der Waals surface area contributed by atoms with E-state index in [1.165, 1.54) is 20.0 Å². The summed E-state index contributed by atoms with van der Waals surface area (Å²) in [4.78, 5) is 16.1. The summed E-state index contributed by atoms with van der Waals surface area (Å²) in [6.07, 6.45) is 2.34. The summed E-state index contributed by atoms with van der Waals surface area (Å²) < 4.78 is 4.77. The van der Waals surface area contributed by atoms with Gasteiger partial charge in [0.05, 0.1) is 7.11 Å². The van der Waals surface area contributed by atoms with E-state index in [1.54, 1.807) is 7.05 Å². The average molecular weight is 243 g/mol. The van der Waals surface area contributed by atoms with Crippen LogP contribution in [-0.2, 0) is 9.53 Å². The van der Waals surface area contributed by atoms with Gasteiger partial charge in [-0.25, -0.2) is 0 Å². The number of carbonyl (C=O) groups excluding carboxylic acids is 1. The highest BCUT2D eigenvalue weighted by atomic mass is 16.5. The topological polar surface area (TPSA) is 44.8 Å². The molecule has 1 rings (SSSR count). The molecule has 0 spiro atoms. The van der Waals surface area contributed by atoms with E-state index in [4.69, 9.17) is 4.74 Å². The number of likely N-dealkylation sites (tertiary alicyclic amines) is 1. The lowest BCUT2D eigenvalue weighted by molar-refractivity contribution is -0.143. The third kappa shape index (κ3) is 4.26. The number of piperidine rings is 1. The number of methoxy groups -OCH3 is 1. The molecule has 1 saturated heterocycles. The first-order valence-electron chi connectivity index (χ1n) is 6.22. The fraction of sp³-hybridized carbons (Fsp3) is 0.917. The van der Waals surface area contributed by atoms with E-state index in [-0.39, 0.29) is 12.0 Å². The molecule has 1 aliphatic rings. The van der Waals surface area contributed by atoms with Crippen molar-refractivity contribution >= 4 is 5.97 Å². The Labute approximate surface area is 104 Å². The Morgan fingerprint density at radius 3 is 2.59 bits per heavy atom. The summed E-state index contributed by atoms with van der Waals surface area (Å²) in [5.74, 6) is -0.188. The number of rotatable bonds is 5. The first-order valence-corrected chi connectivity index (χ1v) is 6.22. The fourth-order valence-corrected chi connectivity index (χ4v) is 2.30. The smallest absolute Gasteiger partial charge is 0.324 e. The van der Waals surface area contributed by atoms with Crippen molar-refractivity contribution in [3.05, 3.63) is 0 Å². The van der Waals surface area contributed by atoms with Gasteiger partial charge in [0.15, 0.2) is 0 Å². The Morgan fingerprint density at radius 1 is 1.53 bits per heavy atom. The highest BCUT2D eigenvalue weighted by Gasteiger charge is 2.25. The maximum atomic E-state index is 11.5. The Bertz CT molecular complexity index is 240. The number of hydrogen-bond acceptors (Lipinski definition) is 5. The predicted molar refractivity (Wildman–Crippen MR) is 68.0 cm³/mol. The molecular weight excluding hydrogens is 218 g/mol. The molecule has 0 aromatic heterocycles. The van der Waals surface area contributed by atoms with Crippen molar-refractivity contribution in [3.8, 4) is 0 Å². The van der Waals surface area contributed by atoms with Gasteiger partial charge < -0.3 is 19.9 Å². The van der Waals surface area contributed by atoms with Crippen molar-refractivity contribution in [2.45, 2.75) is 24.9 Å². The average Bonchev–Trinajstić information content (AvgIpc) is 2.35.